The van der Waals surface area contributed by atoms with Crippen molar-refractivity contribution in [1.29, 1.82) is 0 Å². The summed E-state index contributed by atoms with van der Waals surface area (Å²) < 4.78 is 0. The maximum absolute atomic E-state index is 13.1. The van der Waals surface area contributed by atoms with Crippen molar-refractivity contribution in [2.75, 3.05) is 26.0 Å². The number of thiol groups is 1. The number of nitrogens with two attached hydrogens (primary N) is 1. The summed E-state index contributed by atoms with van der Waals surface area (Å²) in [6.45, 7) is 8.53. The zero-order chi connectivity index (χ0) is 22.6. The number of amides is 1. The van der Waals surface area contributed by atoms with Crippen LogP contribution in [0.3, 0.4) is 0 Å². The Morgan fingerprint density at radius 2 is 1.79 bits per heavy atom. The molecule has 0 saturated carbocycles. The number of likely N-dealkylation sites (N-methyl/N-ethyl adjacent to an activating group) is 1. The second-order valence-electron chi connectivity index (χ2n) is 7.97. The number of carbonyl (C=O) groups is 2. The minimum Gasteiger partial charge on any atom is -0.480 e. The SMILES string of the molecule is CCC[C@H](C)C(NC[C@@H](N)CS)N(C)[C@H](C(=O)N[C@@H](CCO)C(=O)O)[C@@H](C)CC. The van der Waals surface area contributed by atoms with Crippen molar-refractivity contribution in [3.8, 4) is 0 Å². The van der Waals surface area contributed by atoms with Crippen LogP contribution in [0, 0.1) is 11.8 Å². The molecule has 172 valence electrons. The van der Waals surface area contributed by atoms with Crippen LogP contribution >= 0.6 is 12.6 Å². The van der Waals surface area contributed by atoms with Crippen molar-refractivity contribution in [1.82, 2.24) is 15.5 Å². The first-order chi connectivity index (χ1) is 13.6. The van der Waals surface area contributed by atoms with Gasteiger partial charge in [-0.25, -0.2) is 4.79 Å². The van der Waals surface area contributed by atoms with E-state index in [4.69, 9.17) is 10.8 Å². The lowest BCUT2D eigenvalue weighted by Crippen LogP contribution is -2.61. The fourth-order valence-corrected chi connectivity index (χ4v) is 3.71. The Balaban J connectivity index is 5.62. The van der Waals surface area contributed by atoms with E-state index in [0.717, 1.165) is 19.3 Å². The van der Waals surface area contributed by atoms with Gasteiger partial charge in [-0.3, -0.25) is 15.0 Å². The van der Waals surface area contributed by atoms with Gasteiger partial charge in [0.15, 0.2) is 0 Å². The third-order valence-corrected chi connectivity index (χ3v) is 5.94. The quantitative estimate of drug-likeness (QED) is 0.157. The van der Waals surface area contributed by atoms with E-state index < -0.39 is 18.1 Å². The summed E-state index contributed by atoms with van der Waals surface area (Å²) >= 11 is 4.24. The van der Waals surface area contributed by atoms with Crippen molar-refractivity contribution < 1.29 is 19.8 Å². The van der Waals surface area contributed by atoms with Crippen LogP contribution in [0.4, 0.5) is 0 Å². The van der Waals surface area contributed by atoms with Gasteiger partial charge >= 0.3 is 5.97 Å². The van der Waals surface area contributed by atoms with E-state index >= 15 is 0 Å². The van der Waals surface area contributed by atoms with Crippen LogP contribution in [0.25, 0.3) is 0 Å². The van der Waals surface area contributed by atoms with Crippen LogP contribution in [-0.2, 0) is 9.59 Å². The highest BCUT2D eigenvalue weighted by molar-refractivity contribution is 7.80. The average molecular weight is 435 g/mol. The Bertz CT molecular complexity index is 483. The van der Waals surface area contributed by atoms with Crippen molar-refractivity contribution in [3.63, 3.8) is 0 Å². The Morgan fingerprint density at radius 3 is 2.24 bits per heavy atom. The van der Waals surface area contributed by atoms with Gasteiger partial charge in [0, 0.05) is 31.4 Å². The molecule has 9 heteroatoms. The number of nitrogens with zero attached hydrogens (tertiary/aromatic N) is 1. The molecule has 0 radical (unpaired) electrons. The summed E-state index contributed by atoms with van der Waals surface area (Å²) in [5.74, 6) is -0.643. The van der Waals surface area contributed by atoms with E-state index in [9.17, 15) is 14.7 Å². The molecule has 1 amide bonds. The van der Waals surface area contributed by atoms with E-state index in [1.807, 2.05) is 25.8 Å². The van der Waals surface area contributed by atoms with Crippen molar-refractivity contribution >= 4 is 24.5 Å². The van der Waals surface area contributed by atoms with Crippen LogP contribution in [-0.4, -0.2) is 77.2 Å². The molecule has 0 aromatic heterocycles. The summed E-state index contributed by atoms with van der Waals surface area (Å²) in [7, 11) is 1.90. The molecule has 0 rings (SSSR count). The molecule has 1 unspecified atom stereocenters. The van der Waals surface area contributed by atoms with Crippen molar-refractivity contribution in [3.05, 3.63) is 0 Å². The van der Waals surface area contributed by atoms with Gasteiger partial charge in [0.05, 0.1) is 12.2 Å². The highest BCUT2D eigenvalue weighted by Gasteiger charge is 2.36. The molecule has 6 atom stereocenters. The van der Waals surface area contributed by atoms with Gasteiger partial charge in [-0.1, -0.05) is 40.5 Å². The lowest BCUT2D eigenvalue weighted by molar-refractivity contribution is -0.144. The minimum atomic E-state index is -1.15. The second-order valence-corrected chi connectivity index (χ2v) is 8.33. The largest absolute Gasteiger partial charge is 0.480 e. The molecular formula is C20H42N4O4S. The Kier molecular flexibility index (Phi) is 14.6. The van der Waals surface area contributed by atoms with Gasteiger partial charge in [0.25, 0.3) is 0 Å². The molecule has 0 aliphatic rings. The van der Waals surface area contributed by atoms with Gasteiger partial charge in [-0.15, -0.1) is 0 Å². The number of carboxylic acids is 1. The first-order valence-corrected chi connectivity index (χ1v) is 11.2. The Morgan fingerprint density at radius 1 is 1.17 bits per heavy atom. The highest BCUT2D eigenvalue weighted by Crippen LogP contribution is 2.21. The maximum Gasteiger partial charge on any atom is 0.326 e. The first-order valence-electron chi connectivity index (χ1n) is 10.6. The first kappa shape index (κ1) is 28.1. The average Bonchev–Trinajstić information content (AvgIpc) is 2.67. The van der Waals surface area contributed by atoms with Gasteiger partial charge in [0.2, 0.25) is 5.91 Å². The molecule has 0 aliphatic carbocycles. The predicted octanol–water partition coefficient (Wildman–Crippen LogP) is 0.894. The number of hydrogen-bond acceptors (Lipinski definition) is 7. The van der Waals surface area contributed by atoms with E-state index in [1.165, 1.54) is 0 Å². The van der Waals surface area contributed by atoms with Gasteiger partial charge in [-0.05, 0) is 25.3 Å². The van der Waals surface area contributed by atoms with E-state index in [-0.39, 0.29) is 43.0 Å². The molecule has 0 aromatic rings. The summed E-state index contributed by atoms with van der Waals surface area (Å²) in [5, 5.41) is 24.5. The molecule has 0 aromatic carbocycles. The molecule has 0 fully saturated rings. The van der Waals surface area contributed by atoms with Crippen LogP contribution in [0.5, 0.6) is 0 Å². The Hall–Kier alpha value is -0.870. The van der Waals surface area contributed by atoms with Crippen LogP contribution < -0.4 is 16.4 Å². The predicted molar refractivity (Wildman–Crippen MR) is 120 cm³/mol. The number of aliphatic hydroxyl groups excluding tert-OH is 1. The molecular weight excluding hydrogens is 392 g/mol. The topological polar surface area (TPSA) is 128 Å². The molecule has 0 aliphatic heterocycles. The third kappa shape index (κ3) is 9.65. The monoisotopic (exact) mass is 434 g/mol. The number of carbonyl (C=O) groups excluding carboxylic acids is 1. The van der Waals surface area contributed by atoms with Gasteiger partial charge < -0.3 is 21.3 Å². The number of aliphatic hydroxyl groups is 1. The number of hydrogen-bond donors (Lipinski definition) is 6. The van der Waals surface area contributed by atoms with E-state index in [1.54, 1.807) is 0 Å². The van der Waals surface area contributed by atoms with Crippen molar-refractivity contribution in [2.24, 2.45) is 17.6 Å². The lowest BCUT2D eigenvalue weighted by Gasteiger charge is -2.41. The molecule has 8 nitrogen and oxygen atoms in total. The number of aliphatic carboxylic acids is 1. The Labute approximate surface area is 181 Å². The number of rotatable bonds is 16. The second kappa shape index (κ2) is 15.0. The van der Waals surface area contributed by atoms with Crippen molar-refractivity contribution in [2.45, 2.75) is 77.7 Å². The molecule has 0 heterocycles. The summed E-state index contributed by atoms with van der Waals surface area (Å²) in [5.41, 5.74) is 6.02. The fourth-order valence-electron chi connectivity index (χ4n) is 3.58. The molecule has 29 heavy (non-hydrogen) atoms. The van der Waals surface area contributed by atoms with Gasteiger partial charge in [-0.2, -0.15) is 12.6 Å². The fraction of sp³-hybridized carbons (Fsp3) is 0.900. The number of carboxylic acid groups (broad SMARTS) is 1. The lowest BCUT2D eigenvalue weighted by atomic mass is 9.93. The van der Waals surface area contributed by atoms with Gasteiger partial charge in [0.1, 0.15) is 6.04 Å². The summed E-state index contributed by atoms with van der Waals surface area (Å²) in [6.07, 6.45) is 2.65. The maximum atomic E-state index is 13.1. The van der Waals surface area contributed by atoms with Crippen LogP contribution in [0.15, 0.2) is 0 Å². The number of nitrogens with one attached hydrogen (secondary N) is 2. The summed E-state index contributed by atoms with van der Waals surface area (Å²) in [6, 6.07) is -1.71. The zero-order valence-electron chi connectivity index (χ0n) is 18.6. The molecule has 0 saturated heterocycles. The molecule has 6 N–H and O–H groups in total. The zero-order valence-corrected chi connectivity index (χ0v) is 19.5. The van der Waals surface area contributed by atoms with Crippen LogP contribution in [0.1, 0.15) is 53.4 Å². The molecule has 0 bridgehead atoms. The minimum absolute atomic E-state index is 0.0141. The summed E-state index contributed by atoms with van der Waals surface area (Å²) in [4.78, 5) is 26.5. The van der Waals surface area contributed by atoms with Crippen LogP contribution in [0.2, 0.25) is 0 Å². The third-order valence-electron chi connectivity index (χ3n) is 5.47. The standard InChI is InChI=1S/C20H42N4O4S/c1-6-8-14(4)18(22-11-15(21)12-29)24(5)17(13(3)7-2)19(26)23-16(9-10-25)20(27)28/h13-18,22,25,29H,6-12,21H2,1-5H3,(H,23,26)(H,27,28)/t13-,14-,15+,16-,17-,18?/m0/s1. The normalized spacial score (nSPS) is 18.0. The van der Waals surface area contributed by atoms with E-state index in [0.29, 0.717) is 12.3 Å². The highest BCUT2D eigenvalue weighted by atomic mass is 32.1. The molecule has 0 spiro atoms. The van der Waals surface area contributed by atoms with E-state index in [2.05, 4.69) is 37.1 Å². The smallest absolute Gasteiger partial charge is 0.326 e.